The summed E-state index contributed by atoms with van der Waals surface area (Å²) >= 11 is 0. The molecule has 2 aromatic rings. The molecule has 5 heteroatoms. The van der Waals surface area contributed by atoms with Gasteiger partial charge in [-0.15, -0.1) is 0 Å². The van der Waals surface area contributed by atoms with Crippen LogP contribution in [0.25, 0.3) is 5.65 Å². The van der Waals surface area contributed by atoms with Crippen LogP contribution in [0, 0.1) is 5.92 Å². The molecule has 3 heterocycles. The molecular formula is C14H17N3O2. The van der Waals surface area contributed by atoms with Gasteiger partial charge in [0.15, 0.2) is 0 Å². The number of nitrogens with zero attached hydrogens (tertiary/aromatic N) is 3. The van der Waals surface area contributed by atoms with Crippen LogP contribution in [0.3, 0.4) is 0 Å². The van der Waals surface area contributed by atoms with Crippen molar-refractivity contribution >= 4 is 11.6 Å². The molecule has 3 rings (SSSR count). The van der Waals surface area contributed by atoms with Gasteiger partial charge in [0.25, 0.3) is 0 Å². The molecule has 1 fully saturated rings. The van der Waals surface area contributed by atoms with Crippen LogP contribution < -0.4 is 0 Å². The van der Waals surface area contributed by atoms with E-state index in [1.54, 1.807) is 0 Å². The summed E-state index contributed by atoms with van der Waals surface area (Å²) in [6, 6.07) is 5.95. The van der Waals surface area contributed by atoms with E-state index in [2.05, 4.69) is 9.88 Å². The number of fused-ring (bicyclic) bond motifs is 1. The number of carboxylic acid groups (broad SMARTS) is 1. The summed E-state index contributed by atoms with van der Waals surface area (Å²) in [5, 5.41) is 8.81. The minimum atomic E-state index is -0.695. The van der Waals surface area contributed by atoms with E-state index in [0.717, 1.165) is 37.4 Å². The second-order valence-corrected chi connectivity index (χ2v) is 5.19. The van der Waals surface area contributed by atoms with Gasteiger partial charge in [0.2, 0.25) is 0 Å². The summed E-state index contributed by atoms with van der Waals surface area (Å²) in [4.78, 5) is 17.6. The smallest absolute Gasteiger partial charge is 0.303 e. The molecule has 1 aliphatic heterocycles. The van der Waals surface area contributed by atoms with Crippen LogP contribution in [-0.4, -0.2) is 38.4 Å². The van der Waals surface area contributed by atoms with Crippen molar-refractivity contribution in [3.63, 3.8) is 0 Å². The number of pyridine rings is 1. The fourth-order valence-corrected chi connectivity index (χ4v) is 2.76. The molecule has 1 atom stereocenters. The molecule has 2 aromatic heterocycles. The third-order valence-corrected chi connectivity index (χ3v) is 3.63. The van der Waals surface area contributed by atoms with Gasteiger partial charge in [-0.3, -0.25) is 9.69 Å². The molecule has 0 aromatic carbocycles. The van der Waals surface area contributed by atoms with Crippen LogP contribution in [0.15, 0.2) is 30.6 Å². The van der Waals surface area contributed by atoms with Crippen LogP contribution in [-0.2, 0) is 11.3 Å². The predicted molar refractivity (Wildman–Crippen MR) is 70.8 cm³/mol. The summed E-state index contributed by atoms with van der Waals surface area (Å²) in [5.41, 5.74) is 2.00. The van der Waals surface area contributed by atoms with E-state index in [1.807, 2.05) is 35.0 Å². The molecule has 1 aliphatic rings. The second kappa shape index (κ2) is 5.01. The maximum absolute atomic E-state index is 10.7. The van der Waals surface area contributed by atoms with Gasteiger partial charge in [0.05, 0.1) is 5.69 Å². The average Bonchev–Trinajstić information content (AvgIpc) is 2.94. The Hall–Kier alpha value is -1.88. The monoisotopic (exact) mass is 259 g/mol. The van der Waals surface area contributed by atoms with Gasteiger partial charge in [-0.2, -0.15) is 0 Å². The standard InChI is InChI=1S/C14H17N3O2/c18-14(19)7-11-4-6-16(8-11)9-12-10-17-5-2-1-3-13(17)15-12/h1-3,5,10-11H,4,6-9H2,(H,18,19). The Morgan fingerprint density at radius 2 is 2.37 bits per heavy atom. The largest absolute Gasteiger partial charge is 0.481 e. The Morgan fingerprint density at radius 1 is 1.47 bits per heavy atom. The first-order valence-electron chi connectivity index (χ1n) is 6.57. The number of aliphatic carboxylic acids is 1. The molecule has 100 valence electrons. The molecule has 0 spiro atoms. The minimum Gasteiger partial charge on any atom is -0.481 e. The summed E-state index contributed by atoms with van der Waals surface area (Å²) in [5.74, 6) is -0.408. The summed E-state index contributed by atoms with van der Waals surface area (Å²) < 4.78 is 2.01. The normalized spacial score (nSPS) is 20.1. The Kier molecular flexibility index (Phi) is 3.21. The number of hydrogen-bond acceptors (Lipinski definition) is 3. The van der Waals surface area contributed by atoms with E-state index in [9.17, 15) is 4.79 Å². The Bertz CT molecular complexity index is 560. The lowest BCUT2D eigenvalue weighted by Gasteiger charge is -2.13. The van der Waals surface area contributed by atoms with Gasteiger partial charge in [-0.1, -0.05) is 6.07 Å². The lowest BCUT2D eigenvalue weighted by atomic mass is 10.1. The van der Waals surface area contributed by atoms with Crippen molar-refractivity contribution in [2.45, 2.75) is 19.4 Å². The highest BCUT2D eigenvalue weighted by Gasteiger charge is 2.24. The number of imidazole rings is 1. The Morgan fingerprint density at radius 3 is 3.16 bits per heavy atom. The molecule has 0 amide bonds. The van der Waals surface area contributed by atoms with Gasteiger partial charge in [-0.25, -0.2) is 4.98 Å². The molecule has 1 saturated heterocycles. The Balaban J connectivity index is 1.64. The first-order valence-corrected chi connectivity index (χ1v) is 6.57. The van der Waals surface area contributed by atoms with Gasteiger partial charge >= 0.3 is 5.97 Å². The molecule has 19 heavy (non-hydrogen) atoms. The maximum atomic E-state index is 10.7. The van der Waals surface area contributed by atoms with Crippen LogP contribution in [0.5, 0.6) is 0 Å². The van der Waals surface area contributed by atoms with Crippen molar-refractivity contribution in [1.29, 1.82) is 0 Å². The van der Waals surface area contributed by atoms with Gasteiger partial charge in [0.1, 0.15) is 5.65 Å². The zero-order valence-corrected chi connectivity index (χ0v) is 10.7. The number of hydrogen-bond donors (Lipinski definition) is 1. The van der Waals surface area contributed by atoms with Crippen molar-refractivity contribution in [2.75, 3.05) is 13.1 Å². The third-order valence-electron chi connectivity index (χ3n) is 3.63. The second-order valence-electron chi connectivity index (χ2n) is 5.19. The number of carbonyl (C=O) groups is 1. The molecule has 5 nitrogen and oxygen atoms in total. The van der Waals surface area contributed by atoms with Crippen molar-refractivity contribution in [2.24, 2.45) is 5.92 Å². The topological polar surface area (TPSA) is 57.8 Å². The molecule has 0 saturated carbocycles. The van der Waals surface area contributed by atoms with Crippen molar-refractivity contribution < 1.29 is 9.90 Å². The highest BCUT2D eigenvalue weighted by atomic mass is 16.4. The summed E-state index contributed by atoms with van der Waals surface area (Å²) in [7, 11) is 0. The van der Waals surface area contributed by atoms with E-state index >= 15 is 0 Å². The first kappa shape index (κ1) is 12.2. The van der Waals surface area contributed by atoms with E-state index in [4.69, 9.17) is 5.11 Å². The van der Waals surface area contributed by atoms with E-state index < -0.39 is 5.97 Å². The van der Waals surface area contributed by atoms with Crippen molar-refractivity contribution in [3.05, 3.63) is 36.3 Å². The lowest BCUT2D eigenvalue weighted by Crippen LogP contribution is -2.21. The number of rotatable bonds is 4. The predicted octanol–water partition coefficient (Wildman–Crippen LogP) is 1.63. The Labute approximate surface area is 111 Å². The fraction of sp³-hybridized carbons (Fsp3) is 0.429. The molecule has 0 aliphatic carbocycles. The van der Waals surface area contributed by atoms with Crippen molar-refractivity contribution in [1.82, 2.24) is 14.3 Å². The third kappa shape index (κ3) is 2.76. The van der Waals surface area contributed by atoms with E-state index in [0.29, 0.717) is 0 Å². The van der Waals surface area contributed by atoms with E-state index in [-0.39, 0.29) is 12.3 Å². The summed E-state index contributed by atoms with van der Waals surface area (Å²) in [6.45, 7) is 2.63. The maximum Gasteiger partial charge on any atom is 0.303 e. The quantitative estimate of drug-likeness (QED) is 0.906. The molecule has 1 N–H and O–H groups in total. The average molecular weight is 259 g/mol. The first-order chi connectivity index (χ1) is 9.20. The SMILES string of the molecule is O=C(O)CC1CCN(Cc2cn3ccccc3n2)C1. The van der Waals surface area contributed by atoms with Crippen LogP contribution in [0.2, 0.25) is 0 Å². The highest BCUT2D eigenvalue weighted by molar-refractivity contribution is 5.67. The fourth-order valence-electron chi connectivity index (χ4n) is 2.76. The van der Waals surface area contributed by atoms with Crippen LogP contribution in [0.4, 0.5) is 0 Å². The minimum absolute atomic E-state index is 0.279. The van der Waals surface area contributed by atoms with Crippen LogP contribution in [0.1, 0.15) is 18.5 Å². The lowest BCUT2D eigenvalue weighted by molar-refractivity contribution is -0.138. The molecular weight excluding hydrogens is 242 g/mol. The number of likely N-dealkylation sites (tertiary alicyclic amines) is 1. The number of carboxylic acids is 1. The molecule has 0 radical (unpaired) electrons. The van der Waals surface area contributed by atoms with Crippen LogP contribution >= 0.6 is 0 Å². The molecule has 1 unspecified atom stereocenters. The van der Waals surface area contributed by atoms with Gasteiger partial charge in [-0.05, 0) is 31.0 Å². The zero-order chi connectivity index (χ0) is 13.2. The highest BCUT2D eigenvalue weighted by Crippen LogP contribution is 2.21. The number of aromatic nitrogens is 2. The zero-order valence-electron chi connectivity index (χ0n) is 10.7. The molecule has 0 bridgehead atoms. The van der Waals surface area contributed by atoms with E-state index in [1.165, 1.54) is 0 Å². The summed E-state index contributed by atoms with van der Waals surface area (Å²) in [6.07, 6.45) is 5.28. The van der Waals surface area contributed by atoms with Crippen molar-refractivity contribution in [3.8, 4) is 0 Å². The van der Waals surface area contributed by atoms with Gasteiger partial charge in [0, 0.05) is 31.9 Å². The van der Waals surface area contributed by atoms with Gasteiger partial charge < -0.3 is 9.51 Å².